The maximum atomic E-state index is 12.2. The fourth-order valence-corrected chi connectivity index (χ4v) is 4.34. The lowest BCUT2D eigenvalue weighted by Crippen LogP contribution is -2.34. The summed E-state index contributed by atoms with van der Waals surface area (Å²) >= 11 is 0. The average Bonchev–Trinajstić information content (AvgIpc) is 2.91. The minimum absolute atomic E-state index is 0.0570. The van der Waals surface area contributed by atoms with E-state index in [4.69, 9.17) is 4.74 Å². The zero-order valence-electron chi connectivity index (χ0n) is 8.48. The number of aliphatic hydroxyl groups is 1. The summed E-state index contributed by atoms with van der Waals surface area (Å²) in [5.41, 5.74) is 0. The fourth-order valence-electron chi connectivity index (χ4n) is 2.38. The fraction of sp³-hybridized carbons (Fsp3) is 0.455. The smallest absolute Gasteiger partial charge is 0.186 e. The van der Waals surface area contributed by atoms with Gasteiger partial charge in [0, 0.05) is 6.42 Å². The quantitative estimate of drug-likeness (QED) is 0.758. The standard InChI is InChI=1S/C11H12O4S/c12-8-6-9-10(15-9)11(8)16(13,14)7-4-2-1-3-5-7/h1-5,8-12H,6H2/t8-,9-,10-,11+/m1/s1. The van der Waals surface area contributed by atoms with Crippen LogP contribution < -0.4 is 0 Å². The number of epoxide rings is 1. The number of aliphatic hydroxyl groups excluding tert-OH is 1. The molecule has 1 aliphatic carbocycles. The third-order valence-electron chi connectivity index (χ3n) is 3.23. The van der Waals surface area contributed by atoms with Crippen LogP contribution in [0, 0.1) is 0 Å². The molecule has 0 amide bonds. The van der Waals surface area contributed by atoms with E-state index >= 15 is 0 Å². The molecule has 0 bridgehead atoms. The first-order valence-electron chi connectivity index (χ1n) is 5.23. The van der Waals surface area contributed by atoms with Crippen molar-refractivity contribution in [3.05, 3.63) is 30.3 Å². The highest BCUT2D eigenvalue weighted by Gasteiger charge is 2.60. The molecule has 0 aromatic heterocycles. The van der Waals surface area contributed by atoms with E-state index in [1.54, 1.807) is 30.3 Å². The molecule has 2 aliphatic rings. The average molecular weight is 240 g/mol. The Hall–Kier alpha value is -0.910. The molecule has 0 unspecified atom stereocenters. The maximum Gasteiger partial charge on any atom is 0.186 e. The Morgan fingerprint density at radius 1 is 1.25 bits per heavy atom. The summed E-state index contributed by atoms with van der Waals surface area (Å²) in [4.78, 5) is 0.259. The van der Waals surface area contributed by atoms with Gasteiger partial charge in [0.05, 0.1) is 17.1 Å². The van der Waals surface area contributed by atoms with Crippen LogP contribution in [0.25, 0.3) is 0 Å². The molecule has 4 nitrogen and oxygen atoms in total. The molecule has 16 heavy (non-hydrogen) atoms. The van der Waals surface area contributed by atoms with Crippen LogP contribution >= 0.6 is 0 Å². The van der Waals surface area contributed by atoms with Crippen LogP contribution in [0.2, 0.25) is 0 Å². The van der Waals surface area contributed by atoms with Crippen molar-refractivity contribution in [3.8, 4) is 0 Å². The van der Waals surface area contributed by atoms with Gasteiger partial charge >= 0.3 is 0 Å². The Labute approximate surface area is 93.8 Å². The van der Waals surface area contributed by atoms with Crippen molar-refractivity contribution in [1.82, 2.24) is 0 Å². The maximum absolute atomic E-state index is 12.2. The van der Waals surface area contributed by atoms with Gasteiger partial charge in [0.1, 0.15) is 11.4 Å². The number of benzene rings is 1. The van der Waals surface area contributed by atoms with Crippen molar-refractivity contribution in [2.75, 3.05) is 0 Å². The molecule has 1 heterocycles. The molecule has 2 fully saturated rings. The van der Waals surface area contributed by atoms with Gasteiger partial charge in [-0.25, -0.2) is 8.42 Å². The number of fused-ring (bicyclic) bond motifs is 1. The molecular formula is C11H12O4S. The zero-order valence-corrected chi connectivity index (χ0v) is 9.30. The molecule has 1 saturated heterocycles. The predicted molar refractivity (Wildman–Crippen MR) is 56.7 cm³/mol. The lowest BCUT2D eigenvalue weighted by molar-refractivity contribution is 0.132. The summed E-state index contributed by atoms with van der Waals surface area (Å²) in [6, 6.07) is 8.23. The van der Waals surface area contributed by atoms with Crippen molar-refractivity contribution >= 4 is 9.84 Å². The van der Waals surface area contributed by atoms with Crippen LogP contribution in [0.1, 0.15) is 6.42 Å². The van der Waals surface area contributed by atoms with E-state index in [1.807, 2.05) is 0 Å². The van der Waals surface area contributed by atoms with Crippen LogP contribution in [-0.4, -0.2) is 37.1 Å². The first-order chi connectivity index (χ1) is 7.60. The minimum Gasteiger partial charge on any atom is -0.392 e. The lowest BCUT2D eigenvalue weighted by Gasteiger charge is -2.17. The van der Waals surface area contributed by atoms with Crippen molar-refractivity contribution in [1.29, 1.82) is 0 Å². The molecule has 4 atom stereocenters. The van der Waals surface area contributed by atoms with Gasteiger partial charge in [-0.1, -0.05) is 18.2 Å². The third-order valence-corrected chi connectivity index (χ3v) is 5.46. The lowest BCUT2D eigenvalue weighted by atomic mass is 10.3. The first kappa shape index (κ1) is 10.3. The van der Waals surface area contributed by atoms with E-state index in [1.165, 1.54) is 0 Å². The first-order valence-corrected chi connectivity index (χ1v) is 6.78. The second-order valence-corrected chi connectivity index (χ2v) is 6.37. The van der Waals surface area contributed by atoms with E-state index in [0.29, 0.717) is 6.42 Å². The topological polar surface area (TPSA) is 66.9 Å². The summed E-state index contributed by atoms with van der Waals surface area (Å²) in [7, 11) is -3.47. The van der Waals surface area contributed by atoms with E-state index in [0.717, 1.165) is 0 Å². The van der Waals surface area contributed by atoms with E-state index in [9.17, 15) is 13.5 Å². The van der Waals surface area contributed by atoms with Crippen molar-refractivity contribution in [2.24, 2.45) is 0 Å². The molecule has 86 valence electrons. The van der Waals surface area contributed by atoms with Crippen LogP contribution in [0.5, 0.6) is 0 Å². The Kier molecular flexibility index (Phi) is 2.11. The highest BCUT2D eigenvalue weighted by molar-refractivity contribution is 7.92. The molecule has 3 rings (SSSR count). The SMILES string of the molecule is O=S(=O)(c1ccccc1)[C@@H]1[C@@H]2O[C@@H]2C[C@H]1O. The molecule has 1 saturated carbocycles. The third kappa shape index (κ3) is 1.39. The Morgan fingerprint density at radius 3 is 2.50 bits per heavy atom. The molecule has 0 spiro atoms. The van der Waals surface area contributed by atoms with Crippen LogP contribution in [-0.2, 0) is 14.6 Å². The largest absolute Gasteiger partial charge is 0.392 e. The Morgan fingerprint density at radius 2 is 1.94 bits per heavy atom. The molecular weight excluding hydrogens is 228 g/mol. The molecule has 1 aliphatic heterocycles. The monoisotopic (exact) mass is 240 g/mol. The molecule has 1 aromatic rings. The van der Waals surface area contributed by atoms with Gasteiger partial charge in [-0.2, -0.15) is 0 Å². The van der Waals surface area contributed by atoms with Crippen molar-refractivity contribution < 1.29 is 18.3 Å². The number of hydrogen-bond donors (Lipinski definition) is 1. The highest BCUT2D eigenvalue weighted by atomic mass is 32.2. The summed E-state index contributed by atoms with van der Waals surface area (Å²) in [6.07, 6.45) is -0.728. The summed E-state index contributed by atoms with van der Waals surface area (Å²) < 4.78 is 29.7. The second-order valence-electron chi connectivity index (χ2n) is 4.26. The van der Waals surface area contributed by atoms with Gasteiger partial charge in [-0.3, -0.25) is 0 Å². The van der Waals surface area contributed by atoms with Gasteiger partial charge in [0.15, 0.2) is 9.84 Å². The number of rotatable bonds is 2. The van der Waals surface area contributed by atoms with Crippen molar-refractivity contribution in [3.63, 3.8) is 0 Å². The summed E-state index contributed by atoms with van der Waals surface area (Å²) in [5.74, 6) is 0. The number of ether oxygens (including phenoxy) is 1. The molecule has 5 heteroatoms. The summed E-state index contributed by atoms with van der Waals surface area (Å²) in [6.45, 7) is 0. The van der Waals surface area contributed by atoms with Crippen LogP contribution in [0.3, 0.4) is 0 Å². The van der Waals surface area contributed by atoms with Gasteiger partial charge in [0.2, 0.25) is 0 Å². The highest BCUT2D eigenvalue weighted by Crippen LogP contribution is 2.43. The zero-order chi connectivity index (χ0) is 11.3. The Balaban J connectivity index is 2.00. The predicted octanol–water partition coefficient (Wildman–Crippen LogP) is 0.361. The molecule has 1 N–H and O–H groups in total. The van der Waals surface area contributed by atoms with Gasteiger partial charge in [-0.05, 0) is 12.1 Å². The molecule has 1 aromatic carbocycles. The van der Waals surface area contributed by atoms with E-state index in [2.05, 4.69) is 0 Å². The normalized spacial score (nSPS) is 37.1. The minimum atomic E-state index is -3.47. The van der Waals surface area contributed by atoms with Crippen molar-refractivity contribution in [2.45, 2.75) is 34.9 Å². The van der Waals surface area contributed by atoms with E-state index < -0.39 is 21.2 Å². The Bertz CT molecular complexity index is 494. The number of sulfone groups is 1. The number of hydrogen-bond acceptors (Lipinski definition) is 4. The molecule has 0 radical (unpaired) electrons. The van der Waals surface area contributed by atoms with Gasteiger partial charge in [-0.15, -0.1) is 0 Å². The summed E-state index contributed by atoms with van der Waals surface area (Å²) in [5, 5.41) is 8.94. The van der Waals surface area contributed by atoms with Crippen LogP contribution in [0.4, 0.5) is 0 Å². The van der Waals surface area contributed by atoms with Crippen LogP contribution in [0.15, 0.2) is 35.2 Å². The second kappa shape index (κ2) is 3.29. The van der Waals surface area contributed by atoms with Gasteiger partial charge in [0.25, 0.3) is 0 Å². The van der Waals surface area contributed by atoms with E-state index in [-0.39, 0.29) is 17.1 Å². The van der Waals surface area contributed by atoms with Gasteiger partial charge < -0.3 is 9.84 Å².